The second kappa shape index (κ2) is 8.58. The van der Waals surface area contributed by atoms with Crippen molar-refractivity contribution < 1.29 is 17.9 Å². The molecule has 7 heteroatoms. The Bertz CT molecular complexity index is 1460. The van der Waals surface area contributed by atoms with Gasteiger partial charge >= 0.3 is 5.97 Å². The van der Waals surface area contributed by atoms with E-state index in [1.807, 2.05) is 19.1 Å². The van der Waals surface area contributed by atoms with E-state index in [4.69, 9.17) is 27.9 Å². The molecule has 0 bridgehead atoms. The van der Waals surface area contributed by atoms with Crippen LogP contribution in [0.15, 0.2) is 82.6 Å². The van der Waals surface area contributed by atoms with Crippen molar-refractivity contribution in [3.63, 3.8) is 0 Å². The molecule has 0 aliphatic carbocycles. The Hall–Kier alpha value is -2.86. The number of esters is 1. The first-order valence-electron chi connectivity index (χ1n) is 9.69. The minimum atomic E-state index is -3.72. The first-order valence-corrected chi connectivity index (χ1v) is 11.9. The van der Waals surface area contributed by atoms with Gasteiger partial charge in [0.05, 0.1) is 9.79 Å². The van der Waals surface area contributed by atoms with Crippen molar-refractivity contribution in [1.29, 1.82) is 0 Å². The molecule has 4 aromatic carbocycles. The third kappa shape index (κ3) is 4.24. The largest absolute Gasteiger partial charge is 0.426 e. The summed E-state index contributed by atoms with van der Waals surface area (Å²) >= 11 is 12.2. The molecule has 0 N–H and O–H groups in total. The predicted molar refractivity (Wildman–Crippen MR) is 127 cm³/mol. The van der Waals surface area contributed by atoms with E-state index in [9.17, 15) is 13.2 Å². The fourth-order valence-corrected chi connectivity index (χ4v) is 5.38. The highest BCUT2D eigenvalue weighted by molar-refractivity contribution is 7.91. The summed E-state index contributed by atoms with van der Waals surface area (Å²) in [5, 5.41) is 2.64. The Balaban J connectivity index is 1.87. The average Bonchev–Trinajstić information content (AvgIpc) is 2.74. The summed E-state index contributed by atoms with van der Waals surface area (Å²) in [6.45, 7) is 3.20. The number of fused-ring (bicyclic) bond motifs is 1. The molecule has 0 spiro atoms. The van der Waals surface area contributed by atoms with Gasteiger partial charge in [-0.2, -0.15) is 0 Å². The topological polar surface area (TPSA) is 60.4 Å². The van der Waals surface area contributed by atoms with Gasteiger partial charge in [-0.05, 0) is 77.4 Å². The van der Waals surface area contributed by atoms with Crippen molar-refractivity contribution in [3.05, 3.63) is 88.4 Å². The van der Waals surface area contributed by atoms with Gasteiger partial charge in [-0.1, -0.05) is 47.5 Å². The second-order valence-corrected chi connectivity index (χ2v) is 10.1. The first-order chi connectivity index (χ1) is 15.2. The van der Waals surface area contributed by atoms with E-state index in [-0.39, 0.29) is 9.79 Å². The standard InChI is InChI=1S/C25H18Cl2O4S/c1-15-24(31-16(2)28)12-18-6-9-20(27)14-23(18)25(15)17-7-10-21(11-8-17)32(29,30)22-5-3-4-19(26)13-22/h3-14H,1-2H3. The number of rotatable bonds is 4. The van der Waals surface area contributed by atoms with Crippen LogP contribution in [0.3, 0.4) is 0 Å². The van der Waals surface area contributed by atoms with Crippen molar-refractivity contribution in [2.24, 2.45) is 0 Å². The quantitative estimate of drug-likeness (QED) is 0.234. The second-order valence-electron chi connectivity index (χ2n) is 7.32. The van der Waals surface area contributed by atoms with E-state index < -0.39 is 15.8 Å². The molecule has 0 aliphatic rings. The molecule has 0 aromatic heterocycles. The van der Waals surface area contributed by atoms with Gasteiger partial charge in [0.1, 0.15) is 5.75 Å². The lowest BCUT2D eigenvalue weighted by Gasteiger charge is -2.16. The van der Waals surface area contributed by atoms with Crippen molar-refractivity contribution in [3.8, 4) is 16.9 Å². The number of carbonyl (C=O) groups excluding carboxylic acids is 1. The zero-order valence-electron chi connectivity index (χ0n) is 17.2. The number of sulfone groups is 1. The first kappa shape index (κ1) is 22.3. The lowest BCUT2D eigenvalue weighted by molar-refractivity contribution is -0.131. The minimum Gasteiger partial charge on any atom is -0.426 e. The van der Waals surface area contributed by atoms with E-state index in [2.05, 4.69) is 0 Å². The lowest BCUT2D eigenvalue weighted by Crippen LogP contribution is -2.04. The molecule has 0 saturated carbocycles. The van der Waals surface area contributed by atoms with Crippen LogP contribution < -0.4 is 4.74 Å². The number of halogens is 2. The molecule has 4 aromatic rings. The van der Waals surface area contributed by atoms with Gasteiger partial charge in [0, 0.05) is 22.5 Å². The molecular weight excluding hydrogens is 467 g/mol. The summed E-state index contributed by atoms with van der Waals surface area (Å²) in [7, 11) is -3.72. The predicted octanol–water partition coefficient (Wildman–Crippen LogP) is 6.88. The van der Waals surface area contributed by atoms with Crippen molar-refractivity contribution >= 4 is 49.8 Å². The molecule has 0 heterocycles. The van der Waals surface area contributed by atoms with Crippen LogP contribution in [0.5, 0.6) is 5.75 Å². The lowest BCUT2D eigenvalue weighted by atomic mass is 9.93. The zero-order valence-corrected chi connectivity index (χ0v) is 19.6. The van der Waals surface area contributed by atoms with E-state index >= 15 is 0 Å². The third-order valence-corrected chi connectivity index (χ3v) is 7.37. The molecular formula is C25H18Cl2O4S. The molecule has 0 aliphatic heterocycles. The van der Waals surface area contributed by atoms with Gasteiger partial charge in [0.25, 0.3) is 0 Å². The number of hydrogen-bond acceptors (Lipinski definition) is 4. The Kier molecular flexibility index (Phi) is 5.99. The Morgan fingerprint density at radius 2 is 1.53 bits per heavy atom. The van der Waals surface area contributed by atoms with Crippen LogP contribution in [0.4, 0.5) is 0 Å². The van der Waals surface area contributed by atoms with Gasteiger partial charge in [0.15, 0.2) is 0 Å². The smallest absolute Gasteiger partial charge is 0.308 e. The van der Waals surface area contributed by atoms with Crippen LogP contribution >= 0.6 is 23.2 Å². The molecule has 0 amide bonds. The van der Waals surface area contributed by atoms with Gasteiger partial charge in [-0.15, -0.1) is 0 Å². The van der Waals surface area contributed by atoms with Crippen LogP contribution in [0.1, 0.15) is 12.5 Å². The fourth-order valence-electron chi connectivity index (χ4n) is 3.65. The highest BCUT2D eigenvalue weighted by Gasteiger charge is 2.19. The molecule has 4 rings (SSSR count). The van der Waals surface area contributed by atoms with Crippen LogP contribution in [0.25, 0.3) is 21.9 Å². The minimum absolute atomic E-state index is 0.128. The molecule has 4 nitrogen and oxygen atoms in total. The highest BCUT2D eigenvalue weighted by atomic mass is 35.5. The SMILES string of the molecule is CC(=O)Oc1cc2ccc(Cl)cc2c(-c2ccc(S(=O)(=O)c3cccc(Cl)c3)cc2)c1C. The monoisotopic (exact) mass is 484 g/mol. The number of carbonyl (C=O) groups is 1. The molecule has 0 fully saturated rings. The van der Waals surface area contributed by atoms with Gasteiger partial charge in [0.2, 0.25) is 9.84 Å². The van der Waals surface area contributed by atoms with Crippen LogP contribution in [-0.4, -0.2) is 14.4 Å². The molecule has 162 valence electrons. The Labute approximate surface area is 196 Å². The van der Waals surface area contributed by atoms with Crippen LogP contribution in [0, 0.1) is 6.92 Å². The maximum absolute atomic E-state index is 13.0. The van der Waals surface area contributed by atoms with Crippen molar-refractivity contribution in [1.82, 2.24) is 0 Å². The van der Waals surface area contributed by atoms with Crippen LogP contribution in [0.2, 0.25) is 10.0 Å². The molecule has 0 atom stereocenters. The van der Waals surface area contributed by atoms with Gasteiger partial charge in [-0.3, -0.25) is 4.79 Å². The van der Waals surface area contributed by atoms with Crippen LogP contribution in [-0.2, 0) is 14.6 Å². The number of ether oxygens (including phenoxy) is 1. The Morgan fingerprint density at radius 1 is 0.844 bits per heavy atom. The summed E-state index contributed by atoms with van der Waals surface area (Å²) in [5.74, 6) is 0.0216. The zero-order chi connectivity index (χ0) is 23.0. The van der Waals surface area contributed by atoms with Gasteiger partial charge in [-0.25, -0.2) is 8.42 Å². The maximum Gasteiger partial charge on any atom is 0.308 e. The van der Waals surface area contributed by atoms with Crippen molar-refractivity contribution in [2.75, 3.05) is 0 Å². The third-order valence-electron chi connectivity index (χ3n) is 5.13. The number of hydrogen-bond donors (Lipinski definition) is 0. The summed E-state index contributed by atoms with van der Waals surface area (Å²) in [5.41, 5.74) is 2.34. The summed E-state index contributed by atoms with van der Waals surface area (Å²) in [4.78, 5) is 11.9. The van der Waals surface area contributed by atoms with E-state index in [0.29, 0.717) is 15.8 Å². The maximum atomic E-state index is 13.0. The normalized spacial score (nSPS) is 11.5. The molecule has 32 heavy (non-hydrogen) atoms. The summed E-state index contributed by atoms with van der Waals surface area (Å²) in [6.07, 6.45) is 0. The fraction of sp³-hybridized carbons (Fsp3) is 0.0800. The number of benzene rings is 4. The molecule has 0 radical (unpaired) electrons. The van der Waals surface area contributed by atoms with E-state index in [1.54, 1.807) is 48.5 Å². The van der Waals surface area contributed by atoms with E-state index in [0.717, 1.165) is 27.5 Å². The van der Waals surface area contributed by atoms with Gasteiger partial charge < -0.3 is 4.74 Å². The molecule has 0 unspecified atom stereocenters. The highest BCUT2D eigenvalue weighted by Crippen LogP contribution is 2.39. The average molecular weight is 485 g/mol. The van der Waals surface area contributed by atoms with Crippen molar-refractivity contribution in [2.45, 2.75) is 23.6 Å². The summed E-state index contributed by atoms with van der Waals surface area (Å²) < 4.78 is 31.4. The summed E-state index contributed by atoms with van der Waals surface area (Å²) in [6, 6.07) is 20.0. The van der Waals surface area contributed by atoms with E-state index in [1.165, 1.54) is 19.1 Å². The Morgan fingerprint density at radius 3 is 2.19 bits per heavy atom. The molecule has 0 saturated heterocycles.